The highest BCUT2D eigenvalue weighted by molar-refractivity contribution is 5.78. The van der Waals surface area contributed by atoms with Gasteiger partial charge < -0.3 is 4.98 Å². The SMILES string of the molecule is O=[N+]([O-])c1ccc2nc(-n3cccn3)[nH]c2c1. The number of nitrogens with one attached hydrogen (secondary N) is 1. The van der Waals surface area contributed by atoms with Gasteiger partial charge in [0.25, 0.3) is 5.69 Å². The molecule has 3 aromatic rings. The first kappa shape index (κ1) is 9.52. The molecule has 0 aliphatic rings. The smallest absolute Gasteiger partial charge is 0.271 e. The standard InChI is InChI=1S/C10H7N5O2/c16-15(17)7-2-3-8-9(6-7)13-10(12-8)14-5-1-4-11-14/h1-6H,(H,12,13). The second-order valence-corrected chi connectivity index (χ2v) is 3.47. The normalized spacial score (nSPS) is 10.8. The lowest BCUT2D eigenvalue weighted by molar-refractivity contribution is -0.384. The number of rotatable bonds is 2. The zero-order valence-electron chi connectivity index (χ0n) is 8.57. The topological polar surface area (TPSA) is 89.6 Å². The molecule has 7 nitrogen and oxygen atoms in total. The first-order valence-electron chi connectivity index (χ1n) is 4.88. The summed E-state index contributed by atoms with van der Waals surface area (Å²) in [6, 6.07) is 6.26. The van der Waals surface area contributed by atoms with Crippen LogP contribution in [0.2, 0.25) is 0 Å². The van der Waals surface area contributed by atoms with Gasteiger partial charge in [0.05, 0.1) is 16.0 Å². The molecule has 0 aliphatic carbocycles. The van der Waals surface area contributed by atoms with Crippen molar-refractivity contribution in [2.45, 2.75) is 0 Å². The number of non-ortho nitro benzene ring substituents is 1. The number of imidazole rings is 1. The van der Waals surface area contributed by atoms with E-state index in [1.165, 1.54) is 12.1 Å². The van der Waals surface area contributed by atoms with Gasteiger partial charge in [0.15, 0.2) is 0 Å². The Hall–Kier alpha value is -2.70. The molecule has 0 amide bonds. The van der Waals surface area contributed by atoms with Crippen LogP contribution in [0, 0.1) is 10.1 Å². The molecule has 17 heavy (non-hydrogen) atoms. The summed E-state index contributed by atoms with van der Waals surface area (Å²) in [6.45, 7) is 0. The summed E-state index contributed by atoms with van der Waals surface area (Å²) >= 11 is 0. The van der Waals surface area contributed by atoms with Crippen molar-refractivity contribution in [1.82, 2.24) is 19.7 Å². The van der Waals surface area contributed by atoms with Crippen LogP contribution in [0.4, 0.5) is 5.69 Å². The number of hydrogen-bond acceptors (Lipinski definition) is 4. The Morgan fingerprint density at radius 1 is 1.41 bits per heavy atom. The van der Waals surface area contributed by atoms with E-state index >= 15 is 0 Å². The van der Waals surface area contributed by atoms with E-state index in [0.29, 0.717) is 17.0 Å². The van der Waals surface area contributed by atoms with Crippen molar-refractivity contribution in [2.24, 2.45) is 0 Å². The van der Waals surface area contributed by atoms with E-state index in [1.54, 1.807) is 29.2 Å². The van der Waals surface area contributed by atoms with Crippen molar-refractivity contribution in [3.05, 3.63) is 46.8 Å². The summed E-state index contributed by atoms with van der Waals surface area (Å²) in [6.07, 6.45) is 3.38. The predicted octanol–water partition coefficient (Wildman–Crippen LogP) is 1.66. The van der Waals surface area contributed by atoms with E-state index in [2.05, 4.69) is 15.1 Å². The zero-order valence-corrected chi connectivity index (χ0v) is 8.57. The number of nitro groups is 1. The van der Waals surface area contributed by atoms with E-state index < -0.39 is 4.92 Å². The van der Waals surface area contributed by atoms with Crippen molar-refractivity contribution >= 4 is 16.7 Å². The van der Waals surface area contributed by atoms with E-state index in [1.807, 2.05) is 0 Å². The van der Waals surface area contributed by atoms with Gasteiger partial charge in [-0.15, -0.1) is 0 Å². The van der Waals surface area contributed by atoms with Crippen LogP contribution < -0.4 is 0 Å². The second kappa shape index (κ2) is 3.41. The van der Waals surface area contributed by atoms with Gasteiger partial charge in [-0.1, -0.05) is 0 Å². The van der Waals surface area contributed by atoms with Crippen LogP contribution in [0.3, 0.4) is 0 Å². The molecule has 1 N–H and O–H groups in total. The molecule has 0 radical (unpaired) electrons. The number of nitrogens with zero attached hydrogens (tertiary/aromatic N) is 4. The van der Waals surface area contributed by atoms with Gasteiger partial charge >= 0.3 is 0 Å². The van der Waals surface area contributed by atoms with Gasteiger partial charge in [-0.2, -0.15) is 5.10 Å². The average molecular weight is 229 g/mol. The Bertz CT molecular complexity index is 686. The lowest BCUT2D eigenvalue weighted by Gasteiger charge is -1.91. The molecular weight excluding hydrogens is 222 g/mol. The van der Waals surface area contributed by atoms with Gasteiger partial charge in [0.1, 0.15) is 0 Å². The van der Waals surface area contributed by atoms with Gasteiger partial charge in [-0.3, -0.25) is 10.1 Å². The maximum Gasteiger partial charge on any atom is 0.271 e. The van der Waals surface area contributed by atoms with Crippen LogP contribution in [0.15, 0.2) is 36.7 Å². The fraction of sp³-hybridized carbons (Fsp3) is 0. The third-order valence-electron chi connectivity index (χ3n) is 2.39. The van der Waals surface area contributed by atoms with E-state index in [9.17, 15) is 10.1 Å². The van der Waals surface area contributed by atoms with Crippen LogP contribution in [-0.2, 0) is 0 Å². The van der Waals surface area contributed by atoms with Gasteiger partial charge in [-0.25, -0.2) is 9.67 Å². The molecule has 0 spiro atoms. The van der Waals surface area contributed by atoms with Gasteiger partial charge in [0, 0.05) is 24.5 Å². The minimum Gasteiger partial charge on any atom is -0.322 e. The molecule has 2 heterocycles. The Morgan fingerprint density at radius 3 is 3.00 bits per heavy atom. The van der Waals surface area contributed by atoms with Crippen LogP contribution in [0.25, 0.3) is 17.0 Å². The Kier molecular flexibility index (Phi) is 1.91. The monoisotopic (exact) mass is 229 g/mol. The van der Waals surface area contributed by atoms with Crippen molar-refractivity contribution < 1.29 is 4.92 Å². The van der Waals surface area contributed by atoms with Crippen LogP contribution in [0.5, 0.6) is 0 Å². The second-order valence-electron chi connectivity index (χ2n) is 3.47. The summed E-state index contributed by atoms with van der Waals surface area (Å²) in [5, 5.41) is 14.7. The van der Waals surface area contributed by atoms with E-state index in [-0.39, 0.29) is 5.69 Å². The first-order chi connectivity index (χ1) is 8.24. The summed E-state index contributed by atoms with van der Waals surface area (Å²) in [4.78, 5) is 17.5. The number of benzene rings is 1. The number of hydrogen-bond donors (Lipinski definition) is 1. The largest absolute Gasteiger partial charge is 0.322 e. The summed E-state index contributed by atoms with van der Waals surface area (Å²) < 4.78 is 1.56. The predicted molar refractivity (Wildman–Crippen MR) is 59.9 cm³/mol. The lowest BCUT2D eigenvalue weighted by atomic mass is 10.3. The molecule has 0 bridgehead atoms. The minimum absolute atomic E-state index is 0.0353. The third-order valence-corrected chi connectivity index (χ3v) is 2.39. The molecule has 0 atom stereocenters. The molecule has 0 saturated carbocycles. The molecule has 0 aliphatic heterocycles. The first-order valence-corrected chi connectivity index (χ1v) is 4.88. The lowest BCUT2D eigenvalue weighted by Crippen LogP contribution is -1.95. The van der Waals surface area contributed by atoms with Crippen molar-refractivity contribution in [2.75, 3.05) is 0 Å². The molecule has 84 valence electrons. The van der Waals surface area contributed by atoms with Crippen LogP contribution in [0.1, 0.15) is 0 Å². The van der Waals surface area contributed by atoms with E-state index in [0.717, 1.165) is 0 Å². The highest BCUT2D eigenvalue weighted by Gasteiger charge is 2.10. The molecule has 0 saturated heterocycles. The van der Waals surface area contributed by atoms with Crippen molar-refractivity contribution in [3.8, 4) is 5.95 Å². The number of fused-ring (bicyclic) bond motifs is 1. The summed E-state index contributed by atoms with van der Waals surface area (Å²) in [7, 11) is 0. The number of nitro benzene ring substituents is 1. The minimum atomic E-state index is -0.437. The number of aromatic nitrogens is 4. The third kappa shape index (κ3) is 1.53. The number of H-pyrrole nitrogens is 1. The van der Waals surface area contributed by atoms with Crippen molar-refractivity contribution in [3.63, 3.8) is 0 Å². The van der Waals surface area contributed by atoms with E-state index in [4.69, 9.17) is 0 Å². The average Bonchev–Trinajstić information content (AvgIpc) is 2.96. The molecular formula is C10H7N5O2. The highest BCUT2D eigenvalue weighted by atomic mass is 16.6. The summed E-state index contributed by atoms with van der Waals surface area (Å²) in [5.41, 5.74) is 1.32. The zero-order chi connectivity index (χ0) is 11.8. The van der Waals surface area contributed by atoms with Crippen LogP contribution >= 0.6 is 0 Å². The van der Waals surface area contributed by atoms with Gasteiger partial charge in [-0.05, 0) is 12.1 Å². The van der Waals surface area contributed by atoms with Crippen molar-refractivity contribution in [1.29, 1.82) is 0 Å². The fourth-order valence-corrected chi connectivity index (χ4v) is 1.60. The Morgan fingerprint density at radius 2 is 2.29 bits per heavy atom. The molecule has 1 aromatic carbocycles. The Labute approximate surface area is 94.9 Å². The fourth-order valence-electron chi connectivity index (χ4n) is 1.60. The maximum atomic E-state index is 10.6. The highest BCUT2D eigenvalue weighted by Crippen LogP contribution is 2.19. The maximum absolute atomic E-state index is 10.6. The van der Waals surface area contributed by atoms with Gasteiger partial charge in [0.2, 0.25) is 5.95 Å². The Balaban J connectivity index is 2.16. The van der Waals surface area contributed by atoms with Crippen LogP contribution in [-0.4, -0.2) is 24.7 Å². The molecule has 3 rings (SSSR count). The molecule has 7 heteroatoms. The quantitative estimate of drug-likeness (QED) is 0.534. The molecule has 2 aromatic heterocycles. The number of aromatic amines is 1. The molecule has 0 fully saturated rings. The summed E-state index contributed by atoms with van der Waals surface area (Å²) in [5.74, 6) is 0.533. The molecule has 0 unspecified atom stereocenters.